The minimum atomic E-state index is -2.73. The third-order valence-corrected chi connectivity index (χ3v) is 7.90. The summed E-state index contributed by atoms with van der Waals surface area (Å²) in [7, 11) is 4.39. The van der Waals surface area contributed by atoms with Gasteiger partial charge >= 0.3 is 0 Å². The van der Waals surface area contributed by atoms with Crippen molar-refractivity contribution in [3.8, 4) is 11.5 Å². The van der Waals surface area contributed by atoms with Crippen LogP contribution in [0.3, 0.4) is 0 Å². The van der Waals surface area contributed by atoms with Crippen LogP contribution in [-0.2, 0) is 25.6 Å². The molecule has 11 heteroatoms. The number of carbonyl (C=O) groups is 5. The van der Waals surface area contributed by atoms with E-state index in [1.165, 1.54) is 32.2 Å². The standard InChI is InChI=1S/C22H23BrN2O8/c1-25(2)15-9-5-7-4-8-10(23)6-11(33-3)16(26)13(8)17(27)12(7)19(29)22(9,32)20(30)14(18(15)28)21(24)31/h6-7,9,12,14-15,26,32H,4-5H2,1-3H3,(H2,24,31)/t7-,9-,12?,14?,15-,22-/m0/s1. The van der Waals surface area contributed by atoms with Gasteiger partial charge in [-0.3, -0.25) is 28.9 Å². The summed E-state index contributed by atoms with van der Waals surface area (Å²) >= 11 is 3.38. The Morgan fingerprint density at radius 1 is 1.24 bits per heavy atom. The van der Waals surface area contributed by atoms with Gasteiger partial charge in [-0.25, -0.2) is 0 Å². The molecule has 33 heavy (non-hydrogen) atoms. The number of likely N-dealkylation sites (N-methyl/N-ethyl adjacent to an activating group) is 1. The second-order valence-electron chi connectivity index (χ2n) is 9.05. The Morgan fingerprint density at radius 2 is 1.88 bits per heavy atom. The number of nitrogens with two attached hydrogens (primary N) is 1. The number of rotatable bonds is 3. The van der Waals surface area contributed by atoms with Crippen LogP contribution >= 0.6 is 15.9 Å². The van der Waals surface area contributed by atoms with E-state index in [9.17, 15) is 34.2 Å². The molecule has 3 aliphatic rings. The number of ether oxygens (including phenoxy) is 1. The number of benzene rings is 1. The third-order valence-electron chi connectivity index (χ3n) is 7.19. The van der Waals surface area contributed by atoms with Gasteiger partial charge in [0.15, 0.2) is 46.2 Å². The Hall–Kier alpha value is -2.63. The van der Waals surface area contributed by atoms with Gasteiger partial charge in [0.1, 0.15) is 0 Å². The van der Waals surface area contributed by atoms with Crippen LogP contribution in [0.4, 0.5) is 0 Å². The Labute approximate surface area is 197 Å². The lowest BCUT2D eigenvalue weighted by molar-refractivity contribution is -0.181. The summed E-state index contributed by atoms with van der Waals surface area (Å²) in [4.78, 5) is 66.7. The highest BCUT2D eigenvalue weighted by Gasteiger charge is 2.69. The molecule has 2 saturated carbocycles. The van der Waals surface area contributed by atoms with Crippen LogP contribution in [0.15, 0.2) is 10.5 Å². The van der Waals surface area contributed by atoms with Crippen molar-refractivity contribution in [2.45, 2.75) is 24.5 Å². The van der Waals surface area contributed by atoms with Crippen LogP contribution in [0.5, 0.6) is 11.5 Å². The van der Waals surface area contributed by atoms with Gasteiger partial charge in [0, 0.05) is 10.4 Å². The van der Waals surface area contributed by atoms with Crippen molar-refractivity contribution in [1.82, 2.24) is 4.90 Å². The number of Topliss-reactive ketones (excluding diaryl/α,β-unsaturated/α-hetero) is 4. The van der Waals surface area contributed by atoms with Crippen LogP contribution in [0.1, 0.15) is 22.3 Å². The summed E-state index contributed by atoms with van der Waals surface area (Å²) in [5.74, 6) is -10.8. The van der Waals surface area contributed by atoms with Crippen molar-refractivity contribution in [2.75, 3.05) is 21.2 Å². The number of fused-ring (bicyclic) bond motifs is 3. The Morgan fingerprint density at radius 3 is 2.42 bits per heavy atom. The number of phenolic OH excluding ortho intramolecular Hbond substituents is 1. The molecule has 1 aromatic carbocycles. The molecule has 3 aliphatic carbocycles. The van der Waals surface area contributed by atoms with E-state index in [4.69, 9.17) is 10.5 Å². The first-order valence-electron chi connectivity index (χ1n) is 10.3. The molecular formula is C22H23BrN2O8. The van der Waals surface area contributed by atoms with E-state index in [-0.39, 0.29) is 24.2 Å². The van der Waals surface area contributed by atoms with Crippen molar-refractivity contribution in [3.05, 3.63) is 21.7 Å². The highest BCUT2D eigenvalue weighted by molar-refractivity contribution is 9.10. The first-order chi connectivity index (χ1) is 15.4. The highest BCUT2D eigenvalue weighted by atomic mass is 79.9. The molecule has 0 heterocycles. The van der Waals surface area contributed by atoms with E-state index < -0.39 is 70.1 Å². The molecule has 4 rings (SSSR count). The predicted molar refractivity (Wildman–Crippen MR) is 116 cm³/mol. The summed E-state index contributed by atoms with van der Waals surface area (Å²) in [6, 6.07) is 0.385. The quantitative estimate of drug-likeness (QED) is 0.449. The lowest BCUT2D eigenvalue weighted by Crippen LogP contribution is -2.74. The fraction of sp³-hybridized carbons (Fsp3) is 0.500. The number of hydrogen-bond acceptors (Lipinski definition) is 9. The minimum absolute atomic E-state index is 0.00310. The molecule has 176 valence electrons. The molecule has 0 spiro atoms. The first kappa shape index (κ1) is 23.5. The molecule has 4 N–H and O–H groups in total. The van der Waals surface area contributed by atoms with Crippen LogP contribution in [0, 0.1) is 23.7 Å². The third kappa shape index (κ3) is 3.02. The lowest BCUT2D eigenvalue weighted by Gasteiger charge is -2.52. The number of primary amides is 1. The van der Waals surface area contributed by atoms with Crippen molar-refractivity contribution in [1.29, 1.82) is 0 Å². The molecule has 6 atom stereocenters. The summed E-state index contributed by atoms with van der Waals surface area (Å²) in [5, 5.41) is 22.1. The molecular weight excluding hydrogens is 500 g/mol. The number of amides is 1. The SMILES string of the molecule is COc1cc(Br)c2c(c1O)C(=O)C1C(=O)[C@]3(O)C(=O)C(C(N)=O)C(=O)[C@@H](N(C)C)[C@@H]3C[C@@H]1C2. The molecule has 2 fully saturated rings. The monoisotopic (exact) mass is 522 g/mol. The summed E-state index contributed by atoms with van der Waals surface area (Å²) in [6.07, 6.45) is 0.188. The van der Waals surface area contributed by atoms with Crippen molar-refractivity contribution >= 4 is 45.0 Å². The number of methoxy groups -OCH3 is 1. The molecule has 1 amide bonds. The van der Waals surface area contributed by atoms with E-state index in [1.807, 2.05) is 0 Å². The van der Waals surface area contributed by atoms with E-state index in [0.717, 1.165) is 0 Å². The summed E-state index contributed by atoms with van der Waals surface area (Å²) < 4.78 is 5.60. The molecule has 1 aromatic rings. The zero-order chi connectivity index (χ0) is 24.6. The molecule has 0 radical (unpaired) electrons. The van der Waals surface area contributed by atoms with Crippen LogP contribution in [-0.4, -0.2) is 77.0 Å². The number of carbonyl (C=O) groups excluding carboxylic acids is 5. The maximum absolute atomic E-state index is 13.6. The Bertz CT molecular complexity index is 1130. The number of ketones is 4. The maximum atomic E-state index is 13.6. The largest absolute Gasteiger partial charge is 0.504 e. The second-order valence-corrected chi connectivity index (χ2v) is 9.91. The average Bonchev–Trinajstić information content (AvgIpc) is 2.72. The van der Waals surface area contributed by atoms with Crippen LogP contribution in [0.2, 0.25) is 0 Å². The number of nitrogens with zero attached hydrogens (tertiary/aromatic N) is 1. The number of phenols is 1. The maximum Gasteiger partial charge on any atom is 0.235 e. The highest BCUT2D eigenvalue weighted by Crippen LogP contribution is 2.52. The lowest BCUT2D eigenvalue weighted by atomic mass is 9.52. The van der Waals surface area contributed by atoms with Gasteiger partial charge in [0.25, 0.3) is 0 Å². The van der Waals surface area contributed by atoms with Gasteiger partial charge in [-0.2, -0.15) is 0 Å². The number of aliphatic hydroxyl groups is 1. The van der Waals surface area contributed by atoms with Gasteiger partial charge in [0.05, 0.1) is 24.6 Å². The number of halogens is 1. The topological polar surface area (TPSA) is 164 Å². The van der Waals surface area contributed by atoms with E-state index in [2.05, 4.69) is 15.9 Å². The Kier molecular flexibility index (Phi) is 5.50. The van der Waals surface area contributed by atoms with E-state index >= 15 is 0 Å². The molecule has 0 aromatic heterocycles. The van der Waals surface area contributed by atoms with Crippen molar-refractivity contribution < 1.29 is 38.9 Å². The minimum Gasteiger partial charge on any atom is -0.504 e. The molecule has 2 unspecified atom stereocenters. The van der Waals surface area contributed by atoms with Gasteiger partial charge < -0.3 is 20.7 Å². The van der Waals surface area contributed by atoms with Crippen molar-refractivity contribution in [2.24, 2.45) is 29.4 Å². The molecule has 0 aliphatic heterocycles. The van der Waals surface area contributed by atoms with Gasteiger partial charge in [-0.05, 0) is 44.5 Å². The number of hydrogen-bond donors (Lipinski definition) is 3. The van der Waals surface area contributed by atoms with E-state index in [1.54, 1.807) is 0 Å². The first-order valence-corrected chi connectivity index (χ1v) is 11.1. The molecule has 10 nitrogen and oxygen atoms in total. The van der Waals surface area contributed by atoms with Crippen LogP contribution < -0.4 is 10.5 Å². The Balaban J connectivity index is 1.89. The average molecular weight is 523 g/mol. The smallest absolute Gasteiger partial charge is 0.235 e. The van der Waals surface area contributed by atoms with Crippen LogP contribution in [0.25, 0.3) is 0 Å². The van der Waals surface area contributed by atoms with E-state index in [0.29, 0.717) is 10.0 Å². The van der Waals surface area contributed by atoms with Gasteiger partial charge in [-0.15, -0.1) is 0 Å². The van der Waals surface area contributed by atoms with Gasteiger partial charge in [-0.1, -0.05) is 15.9 Å². The summed E-state index contributed by atoms with van der Waals surface area (Å²) in [5.41, 5.74) is 2.91. The second kappa shape index (κ2) is 7.71. The van der Waals surface area contributed by atoms with Crippen molar-refractivity contribution in [3.63, 3.8) is 0 Å². The predicted octanol–water partition coefficient (Wildman–Crippen LogP) is -0.362. The fourth-order valence-corrected chi connectivity index (χ4v) is 6.33. The zero-order valence-corrected chi connectivity index (χ0v) is 19.7. The van der Waals surface area contributed by atoms with Gasteiger partial charge in [0.2, 0.25) is 5.91 Å². The zero-order valence-electron chi connectivity index (χ0n) is 18.1. The normalized spacial score (nSPS) is 33.5. The number of aromatic hydroxyl groups is 1. The summed E-state index contributed by atoms with van der Waals surface area (Å²) in [6.45, 7) is 0. The molecule has 0 saturated heterocycles. The fourth-order valence-electron chi connectivity index (χ4n) is 5.76. The molecule has 0 bridgehead atoms.